The van der Waals surface area contributed by atoms with Crippen LogP contribution in [0.5, 0.6) is 5.75 Å². The van der Waals surface area contributed by atoms with Crippen molar-refractivity contribution in [2.45, 2.75) is 18.9 Å². The number of amides is 1. The normalized spacial score (nSPS) is 15.5. The number of nitrogens with zero attached hydrogens (tertiary/aromatic N) is 2. The van der Waals surface area contributed by atoms with Crippen LogP contribution in [0, 0.1) is 0 Å². The van der Waals surface area contributed by atoms with Crippen molar-refractivity contribution in [3.63, 3.8) is 0 Å². The first kappa shape index (κ1) is 16.1. The Morgan fingerprint density at radius 2 is 1.88 bits per heavy atom. The zero-order valence-electron chi connectivity index (χ0n) is 13.9. The number of aromatic hydroxyl groups is 1. The molecule has 6 heteroatoms. The maximum absolute atomic E-state index is 12.6. The van der Waals surface area contributed by atoms with Gasteiger partial charge in [-0.1, -0.05) is 30.3 Å². The second-order valence-electron chi connectivity index (χ2n) is 6.21. The molecule has 1 aromatic heterocycles. The maximum atomic E-state index is 12.6. The molecule has 1 heterocycles. The molecular weight excluding hydrogens is 330 g/mol. The third kappa shape index (κ3) is 2.86. The molecule has 0 saturated heterocycles. The molecule has 130 valence electrons. The average Bonchev–Trinajstić information content (AvgIpc) is 3.07. The highest BCUT2D eigenvalue weighted by atomic mass is 16.3. The van der Waals surface area contributed by atoms with Crippen molar-refractivity contribution in [2.24, 2.45) is 0 Å². The standard InChI is InChI=1S/C20H17N3O3/c24-18-8-4-7-14-15(18)9-10-16(14)21-20(26)17-11-12-19(25)23(22-17)13-5-2-1-3-6-13/h1-8,11-12,16,24H,9-10H2,(H,21,26)/t16-/m1/s1. The van der Waals surface area contributed by atoms with Crippen molar-refractivity contribution in [3.8, 4) is 11.4 Å². The fourth-order valence-corrected chi connectivity index (χ4v) is 3.30. The molecule has 6 nitrogen and oxygen atoms in total. The van der Waals surface area contributed by atoms with Crippen LogP contribution in [-0.2, 0) is 6.42 Å². The predicted octanol–water partition coefficient (Wildman–Crippen LogP) is 2.36. The van der Waals surface area contributed by atoms with E-state index in [1.807, 2.05) is 12.1 Å². The summed E-state index contributed by atoms with van der Waals surface area (Å²) >= 11 is 0. The minimum atomic E-state index is -0.351. The molecular formula is C20H17N3O3. The molecule has 0 radical (unpaired) electrons. The van der Waals surface area contributed by atoms with Crippen LogP contribution in [-0.4, -0.2) is 20.8 Å². The third-order valence-electron chi connectivity index (χ3n) is 4.58. The second kappa shape index (κ2) is 6.48. The molecule has 0 aliphatic heterocycles. The van der Waals surface area contributed by atoms with Crippen molar-refractivity contribution < 1.29 is 9.90 Å². The van der Waals surface area contributed by atoms with E-state index in [0.717, 1.165) is 17.5 Å². The fraction of sp³-hybridized carbons (Fsp3) is 0.150. The molecule has 1 amide bonds. The lowest BCUT2D eigenvalue weighted by Crippen LogP contribution is -2.31. The highest BCUT2D eigenvalue weighted by molar-refractivity contribution is 5.92. The van der Waals surface area contributed by atoms with Crippen molar-refractivity contribution in [3.05, 3.63) is 87.8 Å². The first-order valence-corrected chi connectivity index (χ1v) is 8.41. The monoisotopic (exact) mass is 347 g/mol. The summed E-state index contributed by atoms with van der Waals surface area (Å²) in [6.45, 7) is 0. The number of hydrogen-bond acceptors (Lipinski definition) is 4. The Morgan fingerprint density at radius 1 is 1.08 bits per heavy atom. The van der Waals surface area contributed by atoms with Gasteiger partial charge in [0.15, 0.2) is 0 Å². The molecule has 1 aliphatic carbocycles. The Balaban J connectivity index is 1.61. The Kier molecular flexibility index (Phi) is 4.01. The first-order chi connectivity index (χ1) is 12.6. The molecule has 2 N–H and O–H groups in total. The zero-order valence-corrected chi connectivity index (χ0v) is 13.9. The van der Waals surface area contributed by atoms with E-state index < -0.39 is 0 Å². The average molecular weight is 347 g/mol. The number of fused-ring (bicyclic) bond motifs is 1. The maximum Gasteiger partial charge on any atom is 0.272 e. The first-order valence-electron chi connectivity index (χ1n) is 8.41. The Hall–Kier alpha value is -3.41. The largest absolute Gasteiger partial charge is 0.508 e. The highest BCUT2D eigenvalue weighted by Crippen LogP contribution is 2.36. The van der Waals surface area contributed by atoms with Gasteiger partial charge in [-0.3, -0.25) is 9.59 Å². The highest BCUT2D eigenvalue weighted by Gasteiger charge is 2.26. The van der Waals surface area contributed by atoms with Gasteiger partial charge in [0.25, 0.3) is 11.5 Å². The second-order valence-corrected chi connectivity index (χ2v) is 6.21. The van der Waals surface area contributed by atoms with E-state index in [0.29, 0.717) is 12.1 Å². The Morgan fingerprint density at radius 3 is 2.69 bits per heavy atom. The summed E-state index contributed by atoms with van der Waals surface area (Å²) in [7, 11) is 0. The van der Waals surface area contributed by atoms with Crippen LogP contribution in [0.15, 0.2) is 65.5 Å². The number of para-hydroxylation sites is 1. The summed E-state index contributed by atoms with van der Waals surface area (Å²) in [4.78, 5) is 24.7. The van der Waals surface area contributed by atoms with Crippen molar-refractivity contribution in [1.82, 2.24) is 15.1 Å². The van der Waals surface area contributed by atoms with Crippen LogP contribution in [0.3, 0.4) is 0 Å². The zero-order chi connectivity index (χ0) is 18.1. The summed E-state index contributed by atoms with van der Waals surface area (Å²) in [5.74, 6) is -0.0918. The van der Waals surface area contributed by atoms with Gasteiger partial charge >= 0.3 is 0 Å². The summed E-state index contributed by atoms with van der Waals surface area (Å²) in [5, 5.41) is 17.1. The number of benzene rings is 2. The van der Waals surface area contributed by atoms with Crippen LogP contribution >= 0.6 is 0 Å². The van der Waals surface area contributed by atoms with E-state index in [-0.39, 0.29) is 29.0 Å². The summed E-state index contributed by atoms with van der Waals surface area (Å²) in [5.41, 5.74) is 2.27. The van der Waals surface area contributed by atoms with E-state index in [1.165, 1.54) is 16.8 Å². The van der Waals surface area contributed by atoms with Gasteiger partial charge in [0.1, 0.15) is 11.4 Å². The molecule has 26 heavy (non-hydrogen) atoms. The Labute approximate surface area is 149 Å². The minimum absolute atomic E-state index is 0.169. The van der Waals surface area contributed by atoms with Crippen LogP contribution in [0.25, 0.3) is 5.69 Å². The smallest absolute Gasteiger partial charge is 0.272 e. The number of rotatable bonds is 3. The lowest BCUT2D eigenvalue weighted by Gasteiger charge is -2.14. The van der Waals surface area contributed by atoms with E-state index >= 15 is 0 Å². The number of carbonyl (C=O) groups is 1. The molecule has 0 fully saturated rings. The minimum Gasteiger partial charge on any atom is -0.508 e. The van der Waals surface area contributed by atoms with Crippen LogP contribution in [0.1, 0.15) is 34.1 Å². The molecule has 4 rings (SSSR count). The number of phenols is 1. The van der Waals surface area contributed by atoms with E-state index in [9.17, 15) is 14.7 Å². The van der Waals surface area contributed by atoms with E-state index in [1.54, 1.807) is 36.4 Å². The summed E-state index contributed by atoms with van der Waals surface area (Å²) in [6, 6.07) is 16.9. The number of aromatic nitrogens is 2. The fourth-order valence-electron chi connectivity index (χ4n) is 3.30. The number of hydrogen-bond donors (Lipinski definition) is 2. The van der Waals surface area contributed by atoms with Gasteiger partial charge in [0.2, 0.25) is 0 Å². The number of nitrogens with one attached hydrogen (secondary N) is 1. The van der Waals surface area contributed by atoms with Gasteiger partial charge in [-0.05, 0) is 48.2 Å². The molecule has 0 bridgehead atoms. The third-order valence-corrected chi connectivity index (χ3v) is 4.58. The number of carbonyl (C=O) groups excluding carboxylic acids is 1. The van der Waals surface area contributed by atoms with Gasteiger partial charge in [-0.2, -0.15) is 9.78 Å². The topological polar surface area (TPSA) is 84.2 Å². The van der Waals surface area contributed by atoms with Crippen LogP contribution in [0.4, 0.5) is 0 Å². The SMILES string of the molecule is O=C(N[C@@H]1CCc2c(O)cccc21)c1ccc(=O)n(-c2ccccc2)n1. The lowest BCUT2D eigenvalue weighted by molar-refractivity contribution is 0.0930. The van der Waals surface area contributed by atoms with Gasteiger partial charge in [0, 0.05) is 6.07 Å². The lowest BCUT2D eigenvalue weighted by atomic mass is 10.1. The molecule has 0 saturated carbocycles. The van der Waals surface area contributed by atoms with Crippen molar-refractivity contribution in [2.75, 3.05) is 0 Å². The van der Waals surface area contributed by atoms with Gasteiger partial charge < -0.3 is 10.4 Å². The molecule has 2 aromatic carbocycles. The van der Waals surface area contributed by atoms with Gasteiger partial charge in [-0.15, -0.1) is 0 Å². The summed E-state index contributed by atoms with van der Waals surface area (Å²) in [6.07, 6.45) is 1.43. The van der Waals surface area contributed by atoms with Crippen molar-refractivity contribution in [1.29, 1.82) is 0 Å². The molecule has 1 atom stereocenters. The Bertz CT molecular complexity index is 1030. The molecule has 0 unspecified atom stereocenters. The van der Waals surface area contributed by atoms with Crippen molar-refractivity contribution >= 4 is 5.91 Å². The molecule has 1 aliphatic rings. The van der Waals surface area contributed by atoms with Crippen LogP contribution < -0.4 is 10.9 Å². The van der Waals surface area contributed by atoms with E-state index in [2.05, 4.69) is 10.4 Å². The van der Waals surface area contributed by atoms with E-state index in [4.69, 9.17) is 0 Å². The quantitative estimate of drug-likeness (QED) is 0.762. The summed E-state index contributed by atoms with van der Waals surface area (Å²) < 4.78 is 1.21. The molecule has 3 aromatic rings. The number of phenolic OH excluding ortho intramolecular Hbond substituents is 1. The van der Waals surface area contributed by atoms with Gasteiger partial charge in [-0.25, -0.2) is 0 Å². The predicted molar refractivity (Wildman–Crippen MR) is 96.5 cm³/mol. The van der Waals surface area contributed by atoms with Gasteiger partial charge in [0.05, 0.1) is 11.7 Å². The molecule has 0 spiro atoms. The van der Waals surface area contributed by atoms with Crippen LogP contribution in [0.2, 0.25) is 0 Å².